The van der Waals surface area contributed by atoms with Gasteiger partial charge in [0.15, 0.2) is 0 Å². The molecule has 5 heteroatoms. The molecule has 3 atom stereocenters. The molecule has 21 heavy (non-hydrogen) atoms. The van der Waals surface area contributed by atoms with Gasteiger partial charge < -0.3 is 5.32 Å². The third kappa shape index (κ3) is 2.29. The molecule has 2 aromatic rings. The van der Waals surface area contributed by atoms with E-state index in [1.807, 2.05) is 36.2 Å². The average molecular weight is 298 g/mol. The lowest BCUT2D eigenvalue weighted by molar-refractivity contribution is 0.721. The van der Waals surface area contributed by atoms with Crippen LogP contribution < -0.4 is 5.32 Å². The molecule has 1 saturated carbocycles. The minimum atomic E-state index is 0.149. The van der Waals surface area contributed by atoms with E-state index in [-0.39, 0.29) is 6.04 Å². The zero-order chi connectivity index (χ0) is 14.2. The van der Waals surface area contributed by atoms with E-state index in [2.05, 4.69) is 27.2 Å². The second-order valence-electron chi connectivity index (χ2n) is 5.76. The van der Waals surface area contributed by atoms with Gasteiger partial charge in [-0.1, -0.05) is 12.5 Å². The fraction of sp³-hybridized carbons (Fsp3) is 0.438. The molecule has 0 saturated heterocycles. The Morgan fingerprint density at radius 1 is 1.24 bits per heavy atom. The molecular formula is C16H18N4S. The normalized spacial score (nSPS) is 24.4. The lowest BCUT2D eigenvalue weighted by Crippen LogP contribution is -2.13. The maximum Gasteiger partial charge on any atom is 0.134 e. The molecule has 4 rings (SSSR count). The number of nitrogens with one attached hydrogen (secondary N) is 1. The molecule has 4 nitrogen and oxygen atoms in total. The average Bonchev–Trinajstić information content (AvgIpc) is 3.09. The van der Waals surface area contributed by atoms with Gasteiger partial charge >= 0.3 is 0 Å². The summed E-state index contributed by atoms with van der Waals surface area (Å²) in [5.41, 5.74) is 2.38. The SMILES string of the molecule is CC(Nc1ncnc2c1C1CCCC1S2)c1ccccn1. The molecule has 1 aliphatic heterocycles. The summed E-state index contributed by atoms with van der Waals surface area (Å²) in [4.78, 5) is 13.4. The van der Waals surface area contributed by atoms with Crippen molar-refractivity contribution in [1.82, 2.24) is 15.0 Å². The van der Waals surface area contributed by atoms with Crippen LogP contribution in [0.15, 0.2) is 35.7 Å². The predicted molar refractivity (Wildman–Crippen MR) is 84.5 cm³/mol. The highest BCUT2D eigenvalue weighted by Gasteiger charge is 2.40. The Kier molecular flexibility index (Phi) is 3.30. The van der Waals surface area contributed by atoms with Crippen LogP contribution in [0, 0.1) is 0 Å². The number of pyridine rings is 1. The summed E-state index contributed by atoms with van der Waals surface area (Å²) in [7, 11) is 0. The Labute approximate surface area is 128 Å². The van der Waals surface area contributed by atoms with Gasteiger partial charge in [-0.2, -0.15) is 0 Å². The molecule has 3 heterocycles. The topological polar surface area (TPSA) is 50.7 Å². The lowest BCUT2D eigenvalue weighted by Gasteiger charge is -2.18. The fourth-order valence-corrected chi connectivity index (χ4v) is 4.87. The van der Waals surface area contributed by atoms with Gasteiger partial charge in [-0.05, 0) is 31.9 Å². The molecule has 0 spiro atoms. The van der Waals surface area contributed by atoms with E-state index >= 15 is 0 Å². The van der Waals surface area contributed by atoms with Crippen LogP contribution in [0.3, 0.4) is 0 Å². The number of anilines is 1. The van der Waals surface area contributed by atoms with Crippen molar-refractivity contribution in [2.24, 2.45) is 0 Å². The zero-order valence-corrected chi connectivity index (χ0v) is 12.8. The summed E-state index contributed by atoms with van der Waals surface area (Å²) in [6, 6.07) is 6.16. The summed E-state index contributed by atoms with van der Waals surface area (Å²) < 4.78 is 0. The van der Waals surface area contributed by atoms with Crippen LogP contribution in [-0.2, 0) is 0 Å². The number of thioether (sulfide) groups is 1. The van der Waals surface area contributed by atoms with Crippen LogP contribution in [0.5, 0.6) is 0 Å². The fourth-order valence-electron chi connectivity index (χ4n) is 3.37. The molecule has 108 valence electrons. The molecule has 1 N–H and O–H groups in total. The van der Waals surface area contributed by atoms with E-state index in [4.69, 9.17) is 0 Å². The number of hydrogen-bond acceptors (Lipinski definition) is 5. The van der Waals surface area contributed by atoms with E-state index in [1.54, 1.807) is 6.33 Å². The maximum absolute atomic E-state index is 4.51. The molecule has 2 aliphatic rings. The van der Waals surface area contributed by atoms with Crippen molar-refractivity contribution in [3.63, 3.8) is 0 Å². The van der Waals surface area contributed by atoms with Crippen molar-refractivity contribution in [3.8, 4) is 0 Å². The van der Waals surface area contributed by atoms with Crippen molar-refractivity contribution < 1.29 is 0 Å². The second-order valence-corrected chi connectivity index (χ2v) is 6.98. The van der Waals surface area contributed by atoms with Gasteiger partial charge in [-0.15, -0.1) is 11.8 Å². The summed E-state index contributed by atoms with van der Waals surface area (Å²) in [5.74, 6) is 1.63. The lowest BCUT2D eigenvalue weighted by atomic mass is 9.99. The van der Waals surface area contributed by atoms with Crippen molar-refractivity contribution in [2.45, 2.75) is 48.4 Å². The van der Waals surface area contributed by atoms with E-state index < -0.39 is 0 Å². The number of nitrogens with zero attached hydrogens (tertiary/aromatic N) is 3. The van der Waals surface area contributed by atoms with Gasteiger partial charge in [0, 0.05) is 22.9 Å². The Balaban J connectivity index is 1.64. The summed E-state index contributed by atoms with van der Waals surface area (Å²) in [6.07, 6.45) is 7.42. The van der Waals surface area contributed by atoms with Crippen LogP contribution in [-0.4, -0.2) is 20.2 Å². The quantitative estimate of drug-likeness (QED) is 0.874. The standard InChI is InChI=1S/C16H18N4S/c1-10(12-6-2-3-8-17-12)20-15-14-11-5-4-7-13(11)21-16(14)19-9-18-15/h2-3,6,8-11,13H,4-5,7H2,1H3,(H,18,19,20). The molecule has 0 aromatic carbocycles. The Hall–Kier alpha value is -1.62. The minimum absolute atomic E-state index is 0.149. The highest BCUT2D eigenvalue weighted by atomic mass is 32.2. The van der Waals surface area contributed by atoms with Crippen molar-refractivity contribution in [1.29, 1.82) is 0 Å². The molecule has 2 aromatic heterocycles. The predicted octanol–water partition coefficient (Wildman–Crippen LogP) is 3.79. The largest absolute Gasteiger partial charge is 0.362 e. The van der Waals surface area contributed by atoms with E-state index in [0.29, 0.717) is 11.2 Å². The van der Waals surface area contributed by atoms with Gasteiger partial charge in [0.2, 0.25) is 0 Å². The first-order valence-corrected chi connectivity index (χ1v) is 8.40. The number of hydrogen-bond donors (Lipinski definition) is 1. The van der Waals surface area contributed by atoms with Gasteiger partial charge in [0.1, 0.15) is 17.2 Å². The first-order valence-electron chi connectivity index (χ1n) is 7.52. The molecule has 0 bridgehead atoms. The second kappa shape index (κ2) is 5.30. The van der Waals surface area contributed by atoms with Gasteiger partial charge in [-0.25, -0.2) is 9.97 Å². The molecular weight excluding hydrogens is 280 g/mol. The van der Waals surface area contributed by atoms with Gasteiger partial charge in [0.25, 0.3) is 0 Å². The summed E-state index contributed by atoms with van der Waals surface area (Å²) >= 11 is 1.94. The third-order valence-corrected chi connectivity index (χ3v) is 5.83. The van der Waals surface area contributed by atoms with Crippen LogP contribution >= 0.6 is 11.8 Å². The highest BCUT2D eigenvalue weighted by Crippen LogP contribution is 2.54. The first-order chi connectivity index (χ1) is 10.3. The first kappa shape index (κ1) is 13.1. The molecule has 0 radical (unpaired) electrons. The maximum atomic E-state index is 4.51. The van der Waals surface area contributed by atoms with Crippen molar-refractivity contribution in [2.75, 3.05) is 5.32 Å². The zero-order valence-electron chi connectivity index (χ0n) is 12.0. The van der Waals surface area contributed by atoms with E-state index in [9.17, 15) is 0 Å². The Morgan fingerprint density at radius 3 is 3.05 bits per heavy atom. The van der Waals surface area contributed by atoms with Crippen LogP contribution in [0.25, 0.3) is 0 Å². The molecule has 3 unspecified atom stereocenters. The van der Waals surface area contributed by atoms with E-state index in [1.165, 1.54) is 29.9 Å². The van der Waals surface area contributed by atoms with E-state index in [0.717, 1.165) is 11.5 Å². The highest BCUT2D eigenvalue weighted by molar-refractivity contribution is 8.00. The molecule has 1 aliphatic carbocycles. The van der Waals surface area contributed by atoms with Gasteiger partial charge in [0.05, 0.1) is 11.7 Å². The number of aromatic nitrogens is 3. The van der Waals surface area contributed by atoms with Crippen molar-refractivity contribution >= 4 is 17.6 Å². The number of fused-ring (bicyclic) bond motifs is 3. The van der Waals surface area contributed by atoms with Crippen LogP contribution in [0.1, 0.15) is 49.4 Å². The number of rotatable bonds is 3. The Bertz CT molecular complexity index is 646. The molecule has 0 amide bonds. The molecule has 1 fully saturated rings. The summed E-state index contributed by atoms with van der Waals surface area (Å²) in [6.45, 7) is 2.13. The van der Waals surface area contributed by atoms with Crippen LogP contribution in [0.4, 0.5) is 5.82 Å². The smallest absolute Gasteiger partial charge is 0.134 e. The monoisotopic (exact) mass is 298 g/mol. The van der Waals surface area contributed by atoms with Crippen LogP contribution in [0.2, 0.25) is 0 Å². The third-order valence-electron chi connectivity index (χ3n) is 4.42. The summed E-state index contributed by atoms with van der Waals surface area (Å²) in [5, 5.41) is 5.43. The van der Waals surface area contributed by atoms with Gasteiger partial charge in [-0.3, -0.25) is 4.98 Å². The minimum Gasteiger partial charge on any atom is -0.362 e. The van der Waals surface area contributed by atoms with Crippen molar-refractivity contribution in [3.05, 3.63) is 42.0 Å². The Morgan fingerprint density at radius 2 is 2.19 bits per heavy atom.